The van der Waals surface area contributed by atoms with E-state index in [-0.39, 0.29) is 0 Å². The van der Waals surface area contributed by atoms with Crippen LogP contribution in [-0.4, -0.2) is 0 Å². The van der Waals surface area contributed by atoms with Crippen LogP contribution in [0.5, 0.6) is 0 Å². The van der Waals surface area contributed by atoms with Crippen LogP contribution in [0.25, 0.3) is 0 Å². The minimum absolute atomic E-state index is 0.972. The van der Waals surface area contributed by atoms with Crippen LogP contribution < -0.4 is 0 Å². The smallest absolute Gasteiger partial charge is 0.0326 e. The summed E-state index contributed by atoms with van der Waals surface area (Å²) in [6.07, 6.45) is 16.9. The molecule has 0 aliphatic rings. The molecule has 0 heteroatoms. The van der Waals surface area contributed by atoms with E-state index in [1.807, 2.05) is 0 Å². The highest BCUT2D eigenvalue weighted by Gasteiger charge is 2.05. The second-order valence-corrected chi connectivity index (χ2v) is 6.03. The Labute approximate surface area is 116 Å². The average Bonchev–Trinajstić information content (AvgIpc) is 2.35. The van der Waals surface area contributed by atoms with Gasteiger partial charge in [0.2, 0.25) is 0 Å². The summed E-state index contributed by atoms with van der Waals surface area (Å²) in [5.41, 5.74) is 1.35. The molecule has 0 aliphatic carbocycles. The van der Waals surface area contributed by atoms with E-state index >= 15 is 0 Å². The predicted octanol–water partition coefficient (Wildman–Crippen LogP) is 6.90. The standard InChI is InChI=1S/C18H36/c1-5-7-8-9-10-11-12-15-18(6-2)16-13-14-17(3)4/h18H,3,5-16H2,1-2,4H3. The molecule has 108 valence electrons. The third-order valence-electron chi connectivity index (χ3n) is 4.01. The number of rotatable bonds is 13. The van der Waals surface area contributed by atoms with Crippen molar-refractivity contribution in [2.75, 3.05) is 0 Å². The molecule has 0 saturated carbocycles. The van der Waals surface area contributed by atoms with E-state index in [2.05, 4.69) is 27.4 Å². The molecule has 0 bridgehead atoms. The molecule has 1 unspecified atom stereocenters. The molecule has 0 saturated heterocycles. The first-order valence-corrected chi connectivity index (χ1v) is 8.35. The fourth-order valence-corrected chi connectivity index (χ4v) is 2.64. The Morgan fingerprint density at radius 2 is 1.39 bits per heavy atom. The van der Waals surface area contributed by atoms with Gasteiger partial charge in [0.25, 0.3) is 0 Å². The average molecular weight is 252 g/mol. The Bertz CT molecular complexity index is 180. The zero-order valence-corrected chi connectivity index (χ0v) is 13.3. The van der Waals surface area contributed by atoms with Crippen molar-refractivity contribution in [3.05, 3.63) is 12.2 Å². The van der Waals surface area contributed by atoms with Gasteiger partial charge in [0.05, 0.1) is 0 Å². The minimum Gasteiger partial charge on any atom is -0.100 e. The number of unbranched alkanes of at least 4 members (excludes halogenated alkanes) is 6. The monoisotopic (exact) mass is 252 g/mol. The van der Waals surface area contributed by atoms with Gasteiger partial charge in [-0.15, -0.1) is 6.58 Å². The molecule has 0 heterocycles. The zero-order chi connectivity index (χ0) is 13.6. The summed E-state index contributed by atoms with van der Waals surface area (Å²) in [6.45, 7) is 10.8. The van der Waals surface area contributed by atoms with Crippen LogP contribution in [0, 0.1) is 5.92 Å². The summed E-state index contributed by atoms with van der Waals surface area (Å²) < 4.78 is 0. The molecule has 0 amide bonds. The molecule has 0 aliphatic heterocycles. The molecule has 0 rings (SSSR count). The molecule has 18 heavy (non-hydrogen) atoms. The maximum Gasteiger partial charge on any atom is -0.0326 e. The zero-order valence-electron chi connectivity index (χ0n) is 13.3. The van der Waals surface area contributed by atoms with E-state index in [1.54, 1.807) is 0 Å². The first-order valence-electron chi connectivity index (χ1n) is 8.35. The normalized spacial score (nSPS) is 12.6. The van der Waals surface area contributed by atoms with Gasteiger partial charge in [-0.2, -0.15) is 0 Å². The van der Waals surface area contributed by atoms with E-state index < -0.39 is 0 Å². The highest BCUT2D eigenvalue weighted by molar-refractivity contribution is 4.87. The largest absolute Gasteiger partial charge is 0.100 e. The van der Waals surface area contributed by atoms with Gasteiger partial charge in [-0.05, 0) is 25.7 Å². The Hall–Kier alpha value is -0.260. The second kappa shape index (κ2) is 13.2. The van der Waals surface area contributed by atoms with Crippen molar-refractivity contribution in [1.82, 2.24) is 0 Å². The van der Waals surface area contributed by atoms with Gasteiger partial charge in [0.15, 0.2) is 0 Å². The van der Waals surface area contributed by atoms with Gasteiger partial charge in [0.1, 0.15) is 0 Å². The molecule has 0 fully saturated rings. The van der Waals surface area contributed by atoms with Crippen LogP contribution in [0.15, 0.2) is 12.2 Å². The Morgan fingerprint density at radius 3 is 1.94 bits per heavy atom. The highest BCUT2D eigenvalue weighted by Crippen LogP contribution is 2.21. The van der Waals surface area contributed by atoms with E-state index in [1.165, 1.54) is 82.6 Å². The van der Waals surface area contributed by atoms with Crippen LogP contribution in [0.3, 0.4) is 0 Å². The van der Waals surface area contributed by atoms with Gasteiger partial charge in [0, 0.05) is 0 Å². The molecule has 1 atom stereocenters. The van der Waals surface area contributed by atoms with Crippen molar-refractivity contribution in [2.45, 2.75) is 97.8 Å². The summed E-state index contributed by atoms with van der Waals surface area (Å²) in [5, 5.41) is 0. The van der Waals surface area contributed by atoms with E-state index in [9.17, 15) is 0 Å². The van der Waals surface area contributed by atoms with Crippen molar-refractivity contribution >= 4 is 0 Å². The van der Waals surface area contributed by atoms with Crippen LogP contribution in [0.1, 0.15) is 97.8 Å². The number of hydrogen-bond acceptors (Lipinski definition) is 0. The molecule has 0 nitrogen and oxygen atoms in total. The quantitative estimate of drug-likeness (QED) is 0.247. The lowest BCUT2D eigenvalue weighted by Gasteiger charge is -2.14. The Balaban J connectivity index is 3.35. The molecule has 0 aromatic heterocycles. The van der Waals surface area contributed by atoms with Gasteiger partial charge in [-0.3, -0.25) is 0 Å². The molecule has 0 aromatic carbocycles. The maximum absolute atomic E-state index is 3.99. The SMILES string of the molecule is C=C(C)CCCC(CC)CCCCCCCCC. The lowest BCUT2D eigenvalue weighted by Crippen LogP contribution is -1.99. The van der Waals surface area contributed by atoms with Gasteiger partial charge in [-0.25, -0.2) is 0 Å². The van der Waals surface area contributed by atoms with E-state index in [0.29, 0.717) is 0 Å². The van der Waals surface area contributed by atoms with Crippen LogP contribution in [0.4, 0.5) is 0 Å². The minimum atomic E-state index is 0.972. The third-order valence-corrected chi connectivity index (χ3v) is 4.01. The first kappa shape index (κ1) is 17.7. The summed E-state index contributed by atoms with van der Waals surface area (Å²) in [6, 6.07) is 0. The predicted molar refractivity (Wildman–Crippen MR) is 85.1 cm³/mol. The summed E-state index contributed by atoms with van der Waals surface area (Å²) in [7, 11) is 0. The molecule has 0 N–H and O–H groups in total. The van der Waals surface area contributed by atoms with Crippen LogP contribution >= 0.6 is 0 Å². The van der Waals surface area contributed by atoms with Crippen molar-refractivity contribution < 1.29 is 0 Å². The first-order chi connectivity index (χ1) is 8.70. The Morgan fingerprint density at radius 1 is 0.833 bits per heavy atom. The van der Waals surface area contributed by atoms with Crippen molar-refractivity contribution in [1.29, 1.82) is 0 Å². The number of allylic oxidation sites excluding steroid dienone is 1. The topological polar surface area (TPSA) is 0 Å². The lowest BCUT2D eigenvalue weighted by atomic mass is 9.92. The fourth-order valence-electron chi connectivity index (χ4n) is 2.64. The van der Waals surface area contributed by atoms with Crippen LogP contribution in [-0.2, 0) is 0 Å². The van der Waals surface area contributed by atoms with Gasteiger partial charge < -0.3 is 0 Å². The lowest BCUT2D eigenvalue weighted by molar-refractivity contribution is 0.401. The van der Waals surface area contributed by atoms with Gasteiger partial charge >= 0.3 is 0 Å². The fraction of sp³-hybridized carbons (Fsp3) is 0.889. The molecular formula is C18H36. The van der Waals surface area contributed by atoms with E-state index in [0.717, 1.165) is 5.92 Å². The molecular weight excluding hydrogens is 216 g/mol. The van der Waals surface area contributed by atoms with Crippen molar-refractivity contribution in [2.24, 2.45) is 5.92 Å². The summed E-state index contributed by atoms with van der Waals surface area (Å²) >= 11 is 0. The summed E-state index contributed by atoms with van der Waals surface area (Å²) in [5.74, 6) is 0.972. The van der Waals surface area contributed by atoms with Crippen molar-refractivity contribution in [3.8, 4) is 0 Å². The second-order valence-electron chi connectivity index (χ2n) is 6.03. The van der Waals surface area contributed by atoms with Crippen molar-refractivity contribution in [3.63, 3.8) is 0 Å². The molecule has 0 spiro atoms. The van der Waals surface area contributed by atoms with Crippen LogP contribution in [0.2, 0.25) is 0 Å². The third kappa shape index (κ3) is 12.2. The molecule has 0 radical (unpaired) electrons. The Kier molecular flexibility index (Phi) is 13.0. The maximum atomic E-state index is 3.99. The van der Waals surface area contributed by atoms with Gasteiger partial charge in [-0.1, -0.05) is 83.6 Å². The number of hydrogen-bond donors (Lipinski definition) is 0. The summed E-state index contributed by atoms with van der Waals surface area (Å²) in [4.78, 5) is 0. The molecule has 0 aromatic rings. The highest BCUT2D eigenvalue weighted by atomic mass is 14.1. The van der Waals surface area contributed by atoms with E-state index in [4.69, 9.17) is 0 Å².